The van der Waals surface area contributed by atoms with Crippen molar-refractivity contribution in [2.45, 2.75) is 0 Å². The first-order chi connectivity index (χ1) is 8.20. The van der Waals surface area contributed by atoms with Crippen LogP contribution in [0.2, 0.25) is 0 Å². The van der Waals surface area contributed by atoms with Crippen LogP contribution < -0.4 is 5.32 Å². The summed E-state index contributed by atoms with van der Waals surface area (Å²) in [7, 11) is 0. The number of rotatable bonds is 2. The maximum absolute atomic E-state index is 8.99. The molecule has 1 heterocycles. The van der Waals surface area contributed by atoms with Crippen molar-refractivity contribution in [1.82, 2.24) is 4.98 Å². The molecule has 0 spiro atoms. The molecule has 1 aromatic heterocycles. The number of nitrogens with zero attached hydrogens (tertiary/aromatic N) is 2. The number of hydrogen-bond acceptors (Lipinski definition) is 3. The third-order valence-corrected chi connectivity index (χ3v) is 3.50. The van der Waals surface area contributed by atoms with Crippen LogP contribution in [0.1, 0.15) is 5.56 Å². The van der Waals surface area contributed by atoms with Crippen LogP contribution in [0.3, 0.4) is 0 Å². The zero-order valence-corrected chi connectivity index (χ0v) is 12.4. The Morgan fingerprint density at radius 1 is 1.29 bits per heavy atom. The summed E-state index contributed by atoms with van der Waals surface area (Å²) < 4.78 is 2.07. The molecule has 0 atom stereocenters. The van der Waals surface area contributed by atoms with E-state index in [1.165, 1.54) is 0 Å². The van der Waals surface area contributed by atoms with Crippen LogP contribution >= 0.6 is 38.5 Å². The molecule has 0 fully saturated rings. The predicted octanol–water partition coefficient (Wildman–Crippen LogP) is 4.06. The molecule has 0 aliphatic carbocycles. The Labute approximate surface area is 121 Å². The van der Waals surface area contributed by atoms with Gasteiger partial charge in [-0.2, -0.15) is 5.26 Å². The van der Waals surface area contributed by atoms with Crippen LogP contribution in [-0.2, 0) is 0 Å². The maximum atomic E-state index is 8.99. The van der Waals surface area contributed by atoms with Gasteiger partial charge in [0.2, 0.25) is 0 Å². The number of pyridine rings is 1. The van der Waals surface area contributed by atoms with E-state index in [1.54, 1.807) is 18.5 Å². The van der Waals surface area contributed by atoms with Gasteiger partial charge in [0.15, 0.2) is 0 Å². The van der Waals surface area contributed by atoms with Crippen LogP contribution in [0.4, 0.5) is 11.4 Å². The van der Waals surface area contributed by atoms with Gasteiger partial charge in [-0.05, 0) is 62.8 Å². The molecule has 0 aliphatic rings. The highest BCUT2D eigenvalue weighted by Crippen LogP contribution is 2.28. The smallest absolute Gasteiger partial charge is 0.101 e. The fourth-order valence-corrected chi connectivity index (χ4v) is 2.17. The van der Waals surface area contributed by atoms with Crippen LogP contribution in [0, 0.1) is 14.9 Å². The van der Waals surface area contributed by atoms with Crippen molar-refractivity contribution in [2.24, 2.45) is 0 Å². The fourth-order valence-electron chi connectivity index (χ4n) is 1.33. The molecule has 0 bridgehead atoms. The average molecular weight is 400 g/mol. The van der Waals surface area contributed by atoms with Crippen molar-refractivity contribution in [3.63, 3.8) is 0 Å². The van der Waals surface area contributed by atoms with Crippen LogP contribution in [-0.4, -0.2) is 4.98 Å². The number of aromatic nitrogens is 1. The highest BCUT2D eigenvalue weighted by Gasteiger charge is 2.05. The Balaban J connectivity index is 2.38. The van der Waals surface area contributed by atoms with E-state index in [1.807, 2.05) is 18.2 Å². The molecule has 2 rings (SSSR count). The normalized spacial score (nSPS) is 9.71. The standard InChI is InChI=1S/C12H7BrIN3/c13-10-2-1-9(14)5-11(10)17-12-7-16-4-3-8(12)6-15/h1-5,7,17H. The largest absolute Gasteiger partial charge is 0.352 e. The summed E-state index contributed by atoms with van der Waals surface area (Å²) in [5.74, 6) is 0. The summed E-state index contributed by atoms with van der Waals surface area (Å²) in [5.41, 5.74) is 2.20. The summed E-state index contributed by atoms with van der Waals surface area (Å²) in [6, 6.07) is 9.78. The number of halogens is 2. The molecule has 17 heavy (non-hydrogen) atoms. The van der Waals surface area contributed by atoms with E-state index in [0.717, 1.165) is 13.7 Å². The molecule has 0 unspecified atom stereocenters. The lowest BCUT2D eigenvalue weighted by Crippen LogP contribution is -1.95. The second-order valence-corrected chi connectivity index (χ2v) is 5.38. The minimum atomic E-state index is 0.575. The third kappa shape index (κ3) is 2.96. The van der Waals surface area contributed by atoms with E-state index in [2.05, 4.69) is 54.9 Å². The zero-order valence-electron chi connectivity index (χ0n) is 8.61. The van der Waals surface area contributed by atoms with Gasteiger partial charge in [0.25, 0.3) is 0 Å². The number of hydrogen-bond donors (Lipinski definition) is 1. The van der Waals surface area contributed by atoms with Crippen LogP contribution in [0.5, 0.6) is 0 Å². The molecule has 0 saturated carbocycles. The van der Waals surface area contributed by atoms with Gasteiger partial charge >= 0.3 is 0 Å². The van der Waals surface area contributed by atoms with Crippen molar-refractivity contribution in [3.05, 3.63) is 50.3 Å². The first-order valence-corrected chi connectivity index (χ1v) is 6.64. The molecular weight excluding hydrogens is 393 g/mol. The van der Waals surface area contributed by atoms with E-state index in [4.69, 9.17) is 5.26 Å². The van der Waals surface area contributed by atoms with Crippen molar-refractivity contribution in [1.29, 1.82) is 5.26 Å². The number of anilines is 2. The van der Waals surface area contributed by atoms with Gasteiger partial charge in [0.1, 0.15) is 6.07 Å². The van der Waals surface area contributed by atoms with Gasteiger partial charge in [0.05, 0.1) is 23.1 Å². The molecule has 3 nitrogen and oxygen atoms in total. The Kier molecular flexibility index (Phi) is 3.97. The molecule has 84 valence electrons. The molecular formula is C12H7BrIN3. The van der Waals surface area contributed by atoms with Crippen molar-refractivity contribution in [3.8, 4) is 6.07 Å². The van der Waals surface area contributed by atoms with Crippen LogP contribution in [0.25, 0.3) is 0 Å². The second-order valence-electron chi connectivity index (χ2n) is 3.28. The summed E-state index contributed by atoms with van der Waals surface area (Å²) in [6.07, 6.45) is 3.25. The first-order valence-electron chi connectivity index (χ1n) is 4.77. The fraction of sp³-hybridized carbons (Fsp3) is 0. The molecule has 2 aromatic rings. The zero-order chi connectivity index (χ0) is 12.3. The van der Waals surface area contributed by atoms with Crippen molar-refractivity contribution in [2.75, 3.05) is 5.32 Å². The van der Waals surface area contributed by atoms with Gasteiger partial charge in [-0.3, -0.25) is 4.98 Å². The van der Waals surface area contributed by atoms with E-state index < -0.39 is 0 Å². The van der Waals surface area contributed by atoms with Gasteiger partial charge in [-0.25, -0.2) is 0 Å². The second kappa shape index (κ2) is 5.47. The topological polar surface area (TPSA) is 48.7 Å². The lowest BCUT2D eigenvalue weighted by molar-refractivity contribution is 1.30. The highest BCUT2D eigenvalue weighted by molar-refractivity contribution is 14.1. The van der Waals surface area contributed by atoms with Crippen LogP contribution in [0.15, 0.2) is 41.1 Å². The summed E-state index contributed by atoms with van der Waals surface area (Å²) in [4.78, 5) is 4.01. The minimum absolute atomic E-state index is 0.575. The van der Waals surface area contributed by atoms with Crippen molar-refractivity contribution < 1.29 is 0 Å². The van der Waals surface area contributed by atoms with Gasteiger partial charge < -0.3 is 5.32 Å². The lowest BCUT2D eigenvalue weighted by Gasteiger charge is -2.09. The Morgan fingerprint density at radius 2 is 2.12 bits per heavy atom. The third-order valence-electron chi connectivity index (χ3n) is 2.14. The highest BCUT2D eigenvalue weighted by atomic mass is 127. The molecule has 5 heteroatoms. The van der Waals surface area contributed by atoms with E-state index in [0.29, 0.717) is 11.3 Å². The minimum Gasteiger partial charge on any atom is -0.352 e. The quantitative estimate of drug-likeness (QED) is 0.774. The average Bonchev–Trinajstić information content (AvgIpc) is 2.34. The Hall–Kier alpha value is -1.13. The molecule has 1 aromatic carbocycles. The Bertz CT molecular complexity index is 593. The number of nitrogens with one attached hydrogen (secondary N) is 1. The summed E-state index contributed by atoms with van der Waals surface area (Å²) >= 11 is 5.71. The first kappa shape index (κ1) is 12.3. The lowest BCUT2D eigenvalue weighted by atomic mass is 10.2. The van der Waals surface area contributed by atoms with E-state index in [9.17, 15) is 0 Å². The summed E-state index contributed by atoms with van der Waals surface area (Å²) in [5, 5.41) is 12.2. The van der Waals surface area contributed by atoms with E-state index >= 15 is 0 Å². The van der Waals surface area contributed by atoms with Gasteiger partial charge in [-0.1, -0.05) is 0 Å². The van der Waals surface area contributed by atoms with Gasteiger partial charge in [-0.15, -0.1) is 0 Å². The maximum Gasteiger partial charge on any atom is 0.101 e. The molecule has 0 amide bonds. The molecule has 1 N–H and O–H groups in total. The summed E-state index contributed by atoms with van der Waals surface area (Å²) in [6.45, 7) is 0. The number of nitriles is 1. The molecule has 0 radical (unpaired) electrons. The monoisotopic (exact) mass is 399 g/mol. The Morgan fingerprint density at radius 3 is 2.88 bits per heavy atom. The SMILES string of the molecule is N#Cc1ccncc1Nc1cc(I)ccc1Br. The van der Waals surface area contributed by atoms with E-state index in [-0.39, 0.29) is 0 Å². The molecule has 0 aliphatic heterocycles. The van der Waals surface area contributed by atoms with Crippen molar-refractivity contribution >= 4 is 49.9 Å². The molecule has 0 saturated heterocycles. The number of benzene rings is 1. The van der Waals surface area contributed by atoms with Gasteiger partial charge in [0, 0.05) is 14.2 Å². The predicted molar refractivity (Wildman–Crippen MR) is 79.1 cm³/mol.